The summed E-state index contributed by atoms with van der Waals surface area (Å²) in [5.74, 6) is -0.471. The van der Waals surface area contributed by atoms with Crippen molar-refractivity contribution in [3.8, 4) is 0 Å². The van der Waals surface area contributed by atoms with Crippen LogP contribution in [0.4, 0.5) is 0 Å². The fourth-order valence-electron chi connectivity index (χ4n) is 3.76. The molecular weight excluding hydrogens is 334 g/mol. The molecule has 3 aromatic rings. The van der Waals surface area contributed by atoms with Gasteiger partial charge in [0.15, 0.2) is 0 Å². The molecule has 0 atom stereocenters. The zero-order chi connectivity index (χ0) is 18.7. The van der Waals surface area contributed by atoms with Gasteiger partial charge in [0.2, 0.25) is 0 Å². The molecule has 0 bridgehead atoms. The Kier molecular flexibility index (Phi) is 4.47. The molecule has 0 radical (unpaired) electrons. The van der Waals surface area contributed by atoms with E-state index in [1.54, 1.807) is 0 Å². The van der Waals surface area contributed by atoms with Crippen molar-refractivity contribution in [3.63, 3.8) is 0 Å². The van der Waals surface area contributed by atoms with Crippen molar-refractivity contribution in [3.05, 3.63) is 108 Å². The minimum atomic E-state index is -0.567. The van der Waals surface area contributed by atoms with Gasteiger partial charge in [0.05, 0.1) is 6.54 Å². The summed E-state index contributed by atoms with van der Waals surface area (Å²) in [6.45, 7) is 0.585. The Morgan fingerprint density at radius 3 is 1.81 bits per heavy atom. The molecule has 0 fully saturated rings. The minimum Gasteiger partial charge on any atom is -0.364 e. The van der Waals surface area contributed by atoms with Gasteiger partial charge in [-0.25, -0.2) is 0 Å². The van der Waals surface area contributed by atoms with E-state index in [2.05, 4.69) is 41.5 Å². The van der Waals surface area contributed by atoms with Crippen molar-refractivity contribution >= 4 is 11.6 Å². The second-order valence-electron chi connectivity index (χ2n) is 6.72. The first kappa shape index (κ1) is 17.0. The lowest BCUT2D eigenvalue weighted by Crippen LogP contribution is -2.41. The topological polar surface area (TPSA) is 58.7 Å². The van der Waals surface area contributed by atoms with E-state index in [-0.39, 0.29) is 0 Å². The Morgan fingerprint density at radius 2 is 1.33 bits per heavy atom. The first-order chi connectivity index (χ1) is 13.2. The normalized spacial score (nSPS) is 15.4. The van der Waals surface area contributed by atoms with E-state index in [4.69, 9.17) is 5.73 Å². The van der Waals surface area contributed by atoms with Crippen molar-refractivity contribution in [1.29, 1.82) is 0 Å². The van der Waals surface area contributed by atoms with Crippen LogP contribution < -0.4 is 5.73 Å². The van der Waals surface area contributed by atoms with Crippen molar-refractivity contribution in [1.82, 2.24) is 5.01 Å². The molecule has 4 rings (SSSR count). The fraction of sp³-hybridized carbons (Fsp3) is 0.130. The molecule has 0 spiro atoms. The average molecular weight is 355 g/mol. The standard InChI is InChI=1S/C23H21N3O/c24-22(27)21-16-23(19-12-6-2-7-13-19,20-14-8-3-9-15-20)26(25-21)17-18-10-4-1-5-11-18/h1-15H,16-17H2,(H2,24,27). The third-order valence-electron chi connectivity index (χ3n) is 5.07. The van der Waals surface area contributed by atoms with Gasteiger partial charge in [0.1, 0.15) is 11.3 Å². The van der Waals surface area contributed by atoms with E-state index < -0.39 is 11.4 Å². The van der Waals surface area contributed by atoms with Crippen LogP contribution in [-0.2, 0) is 16.9 Å². The van der Waals surface area contributed by atoms with Crippen LogP contribution in [0.25, 0.3) is 0 Å². The molecule has 27 heavy (non-hydrogen) atoms. The number of carbonyl (C=O) groups is 1. The summed E-state index contributed by atoms with van der Waals surface area (Å²) in [6.07, 6.45) is 0.448. The van der Waals surface area contributed by atoms with Crippen molar-refractivity contribution < 1.29 is 4.79 Å². The van der Waals surface area contributed by atoms with Crippen LogP contribution in [-0.4, -0.2) is 16.6 Å². The molecule has 4 heteroatoms. The first-order valence-corrected chi connectivity index (χ1v) is 9.00. The third-order valence-corrected chi connectivity index (χ3v) is 5.07. The largest absolute Gasteiger partial charge is 0.364 e. The molecule has 1 heterocycles. The van der Waals surface area contributed by atoms with Crippen LogP contribution in [0.3, 0.4) is 0 Å². The lowest BCUT2D eigenvalue weighted by Gasteiger charge is -2.39. The van der Waals surface area contributed by atoms with Crippen molar-refractivity contribution in [2.75, 3.05) is 0 Å². The monoisotopic (exact) mass is 355 g/mol. The highest BCUT2D eigenvalue weighted by atomic mass is 16.1. The lowest BCUT2D eigenvalue weighted by atomic mass is 9.78. The van der Waals surface area contributed by atoms with Gasteiger partial charge in [-0.05, 0) is 16.7 Å². The van der Waals surface area contributed by atoms with E-state index in [1.807, 2.05) is 59.6 Å². The van der Waals surface area contributed by atoms with Crippen LogP contribution in [0.1, 0.15) is 23.1 Å². The van der Waals surface area contributed by atoms with Gasteiger partial charge < -0.3 is 5.73 Å². The second kappa shape index (κ2) is 7.08. The molecule has 1 amide bonds. The smallest absolute Gasteiger partial charge is 0.265 e. The van der Waals surface area contributed by atoms with Gasteiger partial charge >= 0.3 is 0 Å². The van der Waals surface area contributed by atoms with Gasteiger partial charge in [-0.3, -0.25) is 9.80 Å². The third kappa shape index (κ3) is 3.10. The number of benzene rings is 3. The predicted molar refractivity (Wildman–Crippen MR) is 107 cm³/mol. The zero-order valence-electron chi connectivity index (χ0n) is 15.0. The van der Waals surface area contributed by atoms with E-state index in [0.717, 1.165) is 16.7 Å². The van der Waals surface area contributed by atoms with Gasteiger partial charge in [0, 0.05) is 6.42 Å². The SMILES string of the molecule is NC(=O)C1=NN(Cc2ccccc2)C(c2ccccc2)(c2ccccc2)C1. The highest BCUT2D eigenvalue weighted by Gasteiger charge is 2.46. The van der Waals surface area contributed by atoms with Crippen LogP contribution in [0, 0.1) is 0 Å². The number of nitrogens with two attached hydrogens (primary N) is 1. The number of hydrazone groups is 1. The molecule has 0 aromatic heterocycles. The molecule has 0 aliphatic carbocycles. The Morgan fingerprint density at radius 1 is 0.852 bits per heavy atom. The lowest BCUT2D eigenvalue weighted by molar-refractivity contribution is -0.112. The Bertz CT molecular complexity index is 913. The summed E-state index contributed by atoms with van der Waals surface area (Å²) < 4.78 is 0. The molecule has 0 unspecified atom stereocenters. The summed E-state index contributed by atoms with van der Waals surface area (Å²) >= 11 is 0. The molecule has 134 valence electrons. The molecule has 1 aliphatic heterocycles. The number of carbonyl (C=O) groups excluding carboxylic acids is 1. The number of primary amides is 1. The zero-order valence-corrected chi connectivity index (χ0v) is 15.0. The molecular formula is C23H21N3O. The molecule has 3 aromatic carbocycles. The van der Waals surface area contributed by atoms with E-state index in [0.29, 0.717) is 18.7 Å². The summed E-state index contributed by atoms with van der Waals surface area (Å²) in [7, 11) is 0. The highest BCUT2D eigenvalue weighted by Crippen LogP contribution is 2.44. The number of hydrogen-bond acceptors (Lipinski definition) is 3. The Hall–Kier alpha value is -3.40. The molecule has 1 aliphatic rings. The van der Waals surface area contributed by atoms with E-state index in [9.17, 15) is 4.79 Å². The van der Waals surface area contributed by atoms with Gasteiger partial charge in [0.25, 0.3) is 5.91 Å². The van der Waals surface area contributed by atoms with Crippen LogP contribution in [0.2, 0.25) is 0 Å². The molecule has 4 nitrogen and oxygen atoms in total. The first-order valence-electron chi connectivity index (χ1n) is 9.00. The van der Waals surface area contributed by atoms with Gasteiger partial charge in [-0.1, -0.05) is 91.0 Å². The Labute approximate surface area is 158 Å². The fourth-order valence-corrected chi connectivity index (χ4v) is 3.76. The van der Waals surface area contributed by atoms with Crippen molar-refractivity contribution in [2.45, 2.75) is 18.5 Å². The number of amides is 1. The minimum absolute atomic E-state index is 0.402. The number of rotatable bonds is 5. The second-order valence-corrected chi connectivity index (χ2v) is 6.72. The predicted octanol–water partition coefficient (Wildman–Crippen LogP) is 3.68. The summed E-state index contributed by atoms with van der Waals surface area (Å²) in [6, 6.07) is 30.6. The number of nitrogens with zero attached hydrogens (tertiary/aromatic N) is 2. The quantitative estimate of drug-likeness (QED) is 0.759. The highest BCUT2D eigenvalue weighted by molar-refractivity contribution is 6.39. The molecule has 2 N–H and O–H groups in total. The summed E-state index contributed by atoms with van der Waals surface area (Å²) in [4.78, 5) is 12.0. The van der Waals surface area contributed by atoms with E-state index >= 15 is 0 Å². The molecule has 0 saturated carbocycles. The maximum absolute atomic E-state index is 12.0. The average Bonchev–Trinajstić information content (AvgIpc) is 3.11. The number of hydrogen-bond donors (Lipinski definition) is 1. The van der Waals surface area contributed by atoms with Crippen LogP contribution >= 0.6 is 0 Å². The maximum atomic E-state index is 12.0. The van der Waals surface area contributed by atoms with Crippen LogP contribution in [0.15, 0.2) is 96.1 Å². The molecule has 0 saturated heterocycles. The van der Waals surface area contributed by atoms with E-state index in [1.165, 1.54) is 0 Å². The van der Waals surface area contributed by atoms with Crippen LogP contribution in [0.5, 0.6) is 0 Å². The Balaban J connectivity index is 1.88. The maximum Gasteiger partial charge on any atom is 0.265 e. The van der Waals surface area contributed by atoms with Gasteiger partial charge in [-0.2, -0.15) is 5.10 Å². The van der Waals surface area contributed by atoms with Crippen molar-refractivity contribution in [2.24, 2.45) is 10.8 Å². The summed E-state index contributed by atoms with van der Waals surface area (Å²) in [5, 5.41) is 6.67. The van der Waals surface area contributed by atoms with Gasteiger partial charge in [-0.15, -0.1) is 0 Å². The summed E-state index contributed by atoms with van der Waals surface area (Å²) in [5.41, 5.74) is 8.78.